The average Bonchev–Trinajstić information content (AvgIpc) is 3.14. The van der Waals surface area contributed by atoms with E-state index in [1.54, 1.807) is 25.4 Å². The van der Waals surface area contributed by atoms with Crippen LogP contribution in [0.25, 0.3) is 0 Å². The molecular weight excluding hydrogens is 300 g/mol. The van der Waals surface area contributed by atoms with Crippen LogP contribution in [0.1, 0.15) is 17.8 Å². The molecule has 1 aliphatic rings. The zero-order valence-corrected chi connectivity index (χ0v) is 12.8. The number of hydrogen-bond donors (Lipinski definition) is 2. The molecule has 2 aromatic heterocycles. The SMILES string of the molecule is Cc1nonc1CC(=O)NC[C@@]1(O)CCN(c2ncccn2)C1. The Morgan fingerprint density at radius 1 is 1.43 bits per heavy atom. The maximum atomic E-state index is 11.9. The van der Waals surface area contributed by atoms with Crippen LogP contribution < -0.4 is 10.2 Å². The summed E-state index contributed by atoms with van der Waals surface area (Å²) in [6.45, 7) is 2.91. The van der Waals surface area contributed by atoms with Crippen molar-refractivity contribution in [3.05, 3.63) is 29.8 Å². The smallest absolute Gasteiger partial charge is 0.226 e. The number of amides is 1. The molecule has 122 valence electrons. The molecule has 9 nitrogen and oxygen atoms in total. The molecule has 0 saturated carbocycles. The second-order valence-corrected chi connectivity index (χ2v) is 5.69. The van der Waals surface area contributed by atoms with Crippen molar-refractivity contribution in [2.75, 3.05) is 24.5 Å². The van der Waals surface area contributed by atoms with E-state index in [0.717, 1.165) is 0 Å². The van der Waals surface area contributed by atoms with Gasteiger partial charge in [-0.25, -0.2) is 14.6 Å². The highest BCUT2D eigenvalue weighted by Crippen LogP contribution is 2.23. The summed E-state index contributed by atoms with van der Waals surface area (Å²) >= 11 is 0. The lowest BCUT2D eigenvalue weighted by atomic mass is 10.0. The number of carbonyl (C=O) groups is 1. The highest BCUT2D eigenvalue weighted by atomic mass is 16.6. The summed E-state index contributed by atoms with van der Waals surface area (Å²) < 4.78 is 4.56. The van der Waals surface area contributed by atoms with E-state index in [4.69, 9.17) is 0 Å². The minimum absolute atomic E-state index is 0.0803. The zero-order chi connectivity index (χ0) is 16.3. The van der Waals surface area contributed by atoms with Crippen LogP contribution >= 0.6 is 0 Å². The number of aromatic nitrogens is 4. The van der Waals surface area contributed by atoms with Crippen LogP contribution in [0, 0.1) is 6.92 Å². The van der Waals surface area contributed by atoms with E-state index in [2.05, 4.69) is 30.2 Å². The average molecular weight is 318 g/mol. The Labute approximate surface area is 132 Å². The largest absolute Gasteiger partial charge is 0.386 e. The first-order chi connectivity index (χ1) is 11.1. The summed E-state index contributed by atoms with van der Waals surface area (Å²) in [6.07, 6.45) is 3.94. The molecule has 0 aromatic carbocycles. The van der Waals surface area contributed by atoms with Gasteiger partial charge >= 0.3 is 0 Å². The lowest BCUT2D eigenvalue weighted by Crippen LogP contribution is -2.45. The molecule has 2 aromatic rings. The number of nitrogens with zero attached hydrogens (tertiary/aromatic N) is 5. The molecule has 23 heavy (non-hydrogen) atoms. The monoisotopic (exact) mass is 318 g/mol. The first kappa shape index (κ1) is 15.3. The summed E-state index contributed by atoms with van der Waals surface area (Å²) in [5, 5.41) is 20.6. The minimum Gasteiger partial charge on any atom is -0.386 e. The molecule has 1 atom stereocenters. The number of hydrogen-bond acceptors (Lipinski definition) is 8. The van der Waals surface area contributed by atoms with Crippen LogP contribution in [-0.4, -0.2) is 56.5 Å². The van der Waals surface area contributed by atoms with Crippen molar-refractivity contribution in [1.29, 1.82) is 0 Å². The second-order valence-electron chi connectivity index (χ2n) is 5.69. The summed E-state index contributed by atoms with van der Waals surface area (Å²) in [5.74, 6) is 0.352. The molecule has 0 radical (unpaired) electrons. The van der Waals surface area contributed by atoms with Gasteiger partial charge in [0.15, 0.2) is 0 Å². The quantitative estimate of drug-likeness (QED) is 0.755. The predicted octanol–water partition coefficient (Wildman–Crippen LogP) is -0.532. The molecule has 3 rings (SSSR count). The summed E-state index contributed by atoms with van der Waals surface area (Å²) in [6, 6.07) is 1.74. The van der Waals surface area contributed by atoms with Crippen molar-refractivity contribution >= 4 is 11.9 Å². The van der Waals surface area contributed by atoms with Gasteiger partial charge in [0.25, 0.3) is 0 Å². The first-order valence-corrected chi connectivity index (χ1v) is 7.35. The third-order valence-electron chi connectivity index (χ3n) is 3.86. The third-order valence-corrected chi connectivity index (χ3v) is 3.86. The molecule has 0 bridgehead atoms. The van der Waals surface area contributed by atoms with Gasteiger partial charge in [-0.3, -0.25) is 4.79 Å². The predicted molar refractivity (Wildman–Crippen MR) is 79.6 cm³/mol. The molecule has 0 unspecified atom stereocenters. The van der Waals surface area contributed by atoms with Crippen molar-refractivity contribution in [2.24, 2.45) is 0 Å². The third kappa shape index (κ3) is 3.62. The molecule has 1 amide bonds. The number of aryl methyl sites for hydroxylation is 1. The standard InChI is InChI=1S/C14H18N6O3/c1-10-11(19-23-18-10)7-12(21)17-8-14(22)3-6-20(9-14)13-15-4-2-5-16-13/h2,4-5,22H,3,6-9H2,1H3,(H,17,21)/t14-/m0/s1. The fourth-order valence-corrected chi connectivity index (χ4v) is 2.51. The molecule has 2 N–H and O–H groups in total. The van der Waals surface area contributed by atoms with E-state index in [0.29, 0.717) is 36.8 Å². The van der Waals surface area contributed by atoms with E-state index in [1.165, 1.54) is 0 Å². The molecule has 1 saturated heterocycles. The zero-order valence-electron chi connectivity index (χ0n) is 12.8. The lowest BCUT2D eigenvalue weighted by molar-refractivity contribution is -0.121. The van der Waals surface area contributed by atoms with Crippen LogP contribution in [0.5, 0.6) is 0 Å². The van der Waals surface area contributed by atoms with E-state index in [-0.39, 0.29) is 18.9 Å². The van der Waals surface area contributed by atoms with Crippen LogP contribution in [0.2, 0.25) is 0 Å². The Kier molecular flexibility index (Phi) is 4.20. The number of nitrogens with one attached hydrogen (secondary N) is 1. The van der Waals surface area contributed by atoms with Gasteiger partial charge in [-0.05, 0) is 19.4 Å². The highest BCUT2D eigenvalue weighted by Gasteiger charge is 2.37. The van der Waals surface area contributed by atoms with Crippen LogP contribution in [-0.2, 0) is 11.2 Å². The fourth-order valence-electron chi connectivity index (χ4n) is 2.51. The summed E-state index contributed by atoms with van der Waals surface area (Å²) in [7, 11) is 0. The van der Waals surface area contributed by atoms with E-state index < -0.39 is 5.60 Å². The normalized spacial score (nSPS) is 20.7. The van der Waals surface area contributed by atoms with Crippen molar-refractivity contribution in [2.45, 2.75) is 25.4 Å². The van der Waals surface area contributed by atoms with Gasteiger partial charge in [-0.15, -0.1) is 0 Å². The fraction of sp³-hybridized carbons (Fsp3) is 0.500. The Morgan fingerprint density at radius 2 is 2.22 bits per heavy atom. The number of β-amino-alcohol motifs (C(OH)–C–C–N with tert-alkyl or cyclic N) is 1. The van der Waals surface area contributed by atoms with Crippen LogP contribution in [0.3, 0.4) is 0 Å². The molecule has 1 aliphatic heterocycles. The van der Waals surface area contributed by atoms with Gasteiger partial charge in [0.05, 0.1) is 13.0 Å². The maximum absolute atomic E-state index is 11.9. The van der Waals surface area contributed by atoms with Crippen molar-refractivity contribution < 1.29 is 14.5 Å². The molecular formula is C14H18N6O3. The van der Waals surface area contributed by atoms with Crippen molar-refractivity contribution in [1.82, 2.24) is 25.6 Å². The second kappa shape index (κ2) is 6.29. The Bertz CT molecular complexity index is 676. The van der Waals surface area contributed by atoms with Gasteiger partial charge in [0.2, 0.25) is 11.9 Å². The minimum atomic E-state index is -0.994. The molecule has 0 spiro atoms. The summed E-state index contributed by atoms with van der Waals surface area (Å²) in [5.41, 5.74) is 0.0961. The number of carbonyl (C=O) groups excluding carboxylic acids is 1. The molecule has 9 heteroatoms. The van der Waals surface area contributed by atoms with E-state index in [1.807, 2.05) is 4.90 Å². The number of rotatable bonds is 5. The van der Waals surface area contributed by atoms with Gasteiger partial charge in [0.1, 0.15) is 17.0 Å². The highest BCUT2D eigenvalue weighted by molar-refractivity contribution is 5.78. The van der Waals surface area contributed by atoms with E-state index in [9.17, 15) is 9.90 Å². The lowest BCUT2D eigenvalue weighted by Gasteiger charge is -2.23. The molecule has 1 fully saturated rings. The number of aliphatic hydroxyl groups is 1. The van der Waals surface area contributed by atoms with Crippen LogP contribution in [0.15, 0.2) is 23.1 Å². The molecule has 3 heterocycles. The Hall–Kier alpha value is -2.55. The van der Waals surface area contributed by atoms with Crippen molar-refractivity contribution in [3.8, 4) is 0 Å². The Morgan fingerprint density at radius 3 is 2.91 bits per heavy atom. The summed E-state index contributed by atoms with van der Waals surface area (Å²) in [4.78, 5) is 22.2. The van der Waals surface area contributed by atoms with Gasteiger partial charge in [-0.1, -0.05) is 10.3 Å². The van der Waals surface area contributed by atoms with Crippen molar-refractivity contribution in [3.63, 3.8) is 0 Å². The van der Waals surface area contributed by atoms with Crippen LogP contribution in [0.4, 0.5) is 5.95 Å². The van der Waals surface area contributed by atoms with E-state index >= 15 is 0 Å². The molecule has 0 aliphatic carbocycles. The Balaban J connectivity index is 1.52. The maximum Gasteiger partial charge on any atom is 0.226 e. The van der Waals surface area contributed by atoms with Gasteiger partial charge in [-0.2, -0.15) is 0 Å². The number of anilines is 1. The topological polar surface area (TPSA) is 117 Å². The first-order valence-electron chi connectivity index (χ1n) is 7.35. The van der Waals surface area contributed by atoms with Gasteiger partial charge in [0, 0.05) is 25.5 Å². The van der Waals surface area contributed by atoms with Gasteiger partial charge < -0.3 is 15.3 Å².